The van der Waals surface area contributed by atoms with Crippen LogP contribution < -0.4 is 25.5 Å². The van der Waals surface area contributed by atoms with Gasteiger partial charge in [-0.2, -0.15) is 5.10 Å². The summed E-state index contributed by atoms with van der Waals surface area (Å²) in [5.41, 5.74) is 7.29. The van der Waals surface area contributed by atoms with Gasteiger partial charge in [-0.3, -0.25) is 9.59 Å². The van der Waals surface area contributed by atoms with Gasteiger partial charge >= 0.3 is 0 Å². The molecular formula is C34H29ClFN5O4S. The van der Waals surface area contributed by atoms with Crippen LogP contribution in [0, 0.1) is 12.7 Å². The molecule has 0 fully saturated rings. The maximum Gasteiger partial charge on any atom is 0.271 e. The molecular weight excluding hydrogens is 629 g/mol. The van der Waals surface area contributed by atoms with Crippen molar-refractivity contribution in [1.29, 1.82) is 0 Å². The molecule has 0 aliphatic rings. The highest BCUT2D eigenvalue weighted by Crippen LogP contribution is 2.36. The second-order valence-corrected chi connectivity index (χ2v) is 11.2. The fourth-order valence-corrected chi connectivity index (χ4v) is 5.21. The number of para-hydroxylation sites is 1. The number of amides is 2. The molecule has 0 aliphatic carbocycles. The highest BCUT2D eigenvalue weighted by Gasteiger charge is 2.15. The van der Waals surface area contributed by atoms with Crippen molar-refractivity contribution < 1.29 is 23.5 Å². The number of hydrogen-bond donors (Lipinski definition) is 3. The topological polar surface area (TPSA) is 114 Å². The third kappa shape index (κ3) is 8.46. The summed E-state index contributed by atoms with van der Waals surface area (Å²) in [5, 5.41) is 12.7. The molecule has 1 heterocycles. The first-order valence-corrected chi connectivity index (χ1v) is 15.4. The van der Waals surface area contributed by atoms with Gasteiger partial charge in [0.05, 0.1) is 29.2 Å². The van der Waals surface area contributed by atoms with Crippen LogP contribution in [0.5, 0.6) is 11.5 Å². The molecule has 5 aromatic rings. The number of halogens is 2. The fourth-order valence-electron chi connectivity index (χ4n) is 4.20. The smallest absolute Gasteiger partial charge is 0.271 e. The summed E-state index contributed by atoms with van der Waals surface area (Å²) in [6.45, 7) is 3.69. The lowest BCUT2D eigenvalue weighted by molar-refractivity contribution is -0.118. The Labute approximate surface area is 274 Å². The average Bonchev–Trinajstić information content (AvgIpc) is 3.51. The second kappa shape index (κ2) is 15.2. The van der Waals surface area contributed by atoms with Crippen LogP contribution in [0.15, 0.2) is 95.4 Å². The van der Waals surface area contributed by atoms with Gasteiger partial charge in [-0.15, -0.1) is 11.3 Å². The molecule has 9 nitrogen and oxygen atoms in total. The van der Waals surface area contributed by atoms with Crippen molar-refractivity contribution in [2.75, 3.05) is 23.8 Å². The third-order valence-electron chi connectivity index (χ3n) is 6.46. The number of aryl methyl sites for hydroxylation is 1. The number of ether oxygens (including phenoxy) is 2. The minimum Gasteiger partial charge on any atom is -0.490 e. The van der Waals surface area contributed by atoms with Gasteiger partial charge in [-0.1, -0.05) is 53.6 Å². The van der Waals surface area contributed by atoms with Gasteiger partial charge in [-0.25, -0.2) is 14.8 Å². The quantitative estimate of drug-likeness (QED) is 0.0931. The Hall–Kier alpha value is -5.26. The lowest BCUT2D eigenvalue weighted by Gasteiger charge is -2.14. The van der Waals surface area contributed by atoms with Crippen molar-refractivity contribution in [2.45, 2.75) is 13.8 Å². The molecule has 0 saturated heterocycles. The zero-order valence-corrected chi connectivity index (χ0v) is 26.4. The molecule has 2 amide bonds. The standard InChI is InChI=1S/C34H29ClFN5O4S/c1-3-44-30-17-22(16-26(35)32(30)45-19-31(42)39-28-7-5-4-6-27(28)36)18-37-41-33(43)24-12-10-23(11-13-24)29-20-46-34(40-29)38-25-14-8-21(2)9-15-25/h4-18,20H,3,19H2,1-2H3,(H,38,40)(H,39,42)(H,41,43)/b37-18+. The number of nitrogens with zero attached hydrogens (tertiary/aromatic N) is 2. The maximum absolute atomic E-state index is 13.8. The van der Waals surface area contributed by atoms with E-state index in [9.17, 15) is 14.0 Å². The monoisotopic (exact) mass is 657 g/mol. The van der Waals surface area contributed by atoms with Crippen LogP contribution in [0.1, 0.15) is 28.4 Å². The van der Waals surface area contributed by atoms with E-state index in [2.05, 4.69) is 26.1 Å². The Bertz CT molecular complexity index is 1860. The summed E-state index contributed by atoms with van der Waals surface area (Å²) in [6.07, 6.45) is 1.41. The lowest BCUT2D eigenvalue weighted by atomic mass is 10.1. The van der Waals surface area contributed by atoms with Crippen LogP contribution in [-0.4, -0.2) is 36.2 Å². The number of anilines is 3. The van der Waals surface area contributed by atoms with Crippen molar-refractivity contribution >= 4 is 57.5 Å². The number of carbonyl (C=O) groups excluding carboxylic acids is 2. The molecule has 0 bridgehead atoms. The van der Waals surface area contributed by atoms with E-state index in [0.717, 1.165) is 22.1 Å². The number of nitrogens with one attached hydrogen (secondary N) is 3. The summed E-state index contributed by atoms with van der Waals surface area (Å²) in [7, 11) is 0. The maximum atomic E-state index is 13.8. The van der Waals surface area contributed by atoms with E-state index in [-0.39, 0.29) is 22.2 Å². The number of thiazole rings is 1. The first kappa shape index (κ1) is 32.1. The molecule has 1 aromatic heterocycles. The summed E-state index contributed by atoms with van der Waals surface area (Å²) >= 11 is 7.93. The molecule has 5 rings (SSSR count). The molecule has 0 unspecified atom stereocenters. The minimum atomic E-state index is -0.573. The Morgan fingerprint density at radius 1 is 1.02 bits per heavy atom. The van der Waals surface area contributed by atoms with E-state index in [1.807, 2.05) is 48.7 Å². The van der Waals surface area contributed by atoms with Crippen LogP contribution in [0.25, 0.3) is 11.3 Å². The van der Waals surface area contributed by atoms with Gasteiger partial charge in [0.25, 0.3) is 11.8 Å². The van der Waals surface area contributed by atoms with E-state index in [4.69, 9.17) is 21.1 Å². The first-order chi connectivity index (χ1) is 22.3. The molecule has 12 heteroatoms. The molecule has 0 saturated carbocycles. The van der Waals surface area contributed by atoms with Gasteiger partial charge in [0.2, 0.25) is 0 Å². The van der Waals surface area contributed by atoms with Crippen LogP contribution in [-0.2, 0) is 4.79 Å². The number of rotatable bonds is 12. The van der Waals surface area contributed by atoms with Crippen molar-refractivity contribution in [3.63, 3.8) is 0 Å². The highest BCUT2D eigenvalue weighted by molar-refractivity contribution is 7.14. The van der Waals surface area contributed by atoms with Crippen LogP contribution >= 0.6 is 22.9 Å². The van der Waals surface area contributed by atoms with Crippen molar-refractivity contribution in [1.82, 2.24) is 10.4 Å². The molecule has 0 aliphatic heterocycles. The molecule has 0 atom stereocenters. The molecule has 4 aromatic carbocycles. The predicted molar refractivity (Wildman–Crippen MR) is 180 cm³/mol. The number of carbonyl (C=O) groups is 2. The third-order valence-corrected chi connectivity index (χ3v) is 7.50. The average molecular weight is 658 g/mol. The largest absolute Gasteiger partial charge is 0.490 e. The Balaban J connectivity index is 1.17. The van der Waals surface area contributed by atoms with Crippen LogP contribution in [0.4, 0.5) is 20.9 Å². The van der Waals surface area contributed by atoms with E-state index < -0.39 is 24.2 Å². The first-order valence-electron chi connectivity index (χ1n) is 14.2. The summed E-state index contributed by atoms with van der Waals surface area (Å²) in [4.78, 5) is 29.7. The van der Waals surface area contributed by atoms with Crippen molar-refractivity contribution in [3.8, 4) is 22.8 Å². The molecule has 0 spiro atoms. The number of aromatic nitrogens is 1. The van der Waals surface area contributed by atoms with E-state index in [1.165, 1.54) is 41.3 Å². The zero-order valence-electron chi connectivity index (χ0n) is 24.8. The van der Waals surface area contributed by atoms with Gasteiger partial charge < -0.3 is 20.1 Å². The van der Waals surface area contributed by atoms with Crippen molar-refractivity contribution in [2.24, 2.45) is 5.10 Å². The van der Waals surface area contributed by atoms with E-state index in [0.29, 0.717) is 17.7 Å². The minimum absolute atomic E-state index is 0.0389. The number of hydrazone groups is 1. The van der Waals surface area contributed by atoms with Gasteiger partial charge in [0.15, 0.2) is 23.2 Å². The highest BCUT2D eigenvalue weighted by atomic mass is 35.5. The van der Waals surface area contributed by atoms with Crippen LogP contribution in [0.2, 0.25) is 5.02 Å². The Morgan fingerprint density at radius 2 is 1.78 bits per heavy atom. The van der Waals surface area contributed by atoms with Crippen LogP contribution in [0.3, 0.4) is 0 Å². The summed E-state index contributed by atoms with van der Waals surface area (Å²) < 4.78 is 25.1. The fraction of sp³-hybridized carbons (Fsp3) is 0.118. The molecule has 3 N–H and O–H groups in total. The predicted octanol–water partition coefficient (Wildman–Crippen LogP) is 7.83. The second-order valence-electron chi connectivity index (χ2n) is 9.89. The van der Waals surface area contributed by atoms with Gasteiger partial charge in [-0.05, 0) is 67.9 Å². The normalized spacial score (nSPS) is 10.9. The zero-order chi connectivity index (χ0) is 32.5. The lowest BCUT2D eigenvalue weighted by Crippen LogP contribution is -2.21. The Morgan fingerprint density at radius 3 is 2.52 bits per heavy atom. The van der Waals surface area contributed by atoms with Crippen molar-refractivity contribution in [3.05, 3.63) is 118 Å². The molecule has 234 valence electrons. The molecule has 46 heavy (non-hydrogen) atoms. The van der Waals surface area contributed by atoms with Gasteiger partial charge in [0.1, 0.15) is 5.82 Å². The number of hydrogen-bond acceptors (Lipinski definition) is 8. The number of benzene rings is 4. The Kier molecular flexibility index (Phi) is 10.6. The van der Waals surface area contributed by atoms with E-state index >= 15 is 0 Å². The summed E-state index contributed by atoms with van der Waals surface area (Å²) in [6, 6.07) is 24.1. The van der Waals surface area contributed by atoms with Gasteiger partial charge in [0, 0.05) is 22.2 Å². The molecule has 0 radical (unpaired) electrons. The van der Waals surface area contributed by atoms with E-state index in [1.54, 1.807) is 37.3 Å². The summed E-state index contributed by atoms with van der Waals surface area (Å²) in [5.74, 6) is -1.12. The SMILES string of the molecule is CCOc1cc(/C=N/NC(=O)c2ccc(-c3csc(Nc4ccc(C)cc4)n3)cc2)cc(Cl)c1OCC(=O)Nc1ccccc1F.